The van der Waals surface area contributed by atoms with E-state index in [4.69, 9.17) is 0 Å². The summed E-state index contributed by atoms with van der Waals surface area (Å²) in [7, 11) is 0. The second kappa shape index (κ2) is 9.48. The van der Waals surface area contributed by atoms with Crippen molar-refractivity contribution in [2.75, 3.05) is 5.32 Å². The molecule has 0 atom stereocenters. The summed E-state index contributed by atoms with van der Waals surface area (Å²) in [6, 6.07) is 20.0. The summed E-state index contributed by atoms with van der Waals surface area (Å²) < 4.78 is 15.0. The summed E-state index contributed by atoms with van der Waals surface area (Å²) in [6.45, 7) is 4.13. The second-order valence-electron chi connectivity index (χ2n) is 7.65. The number of carbonyl (C=O) groups is 2. The first-order chi connectivity index (χ1) is 15.9. The van der Waals surface area contributed by atoms with E-state index >= 15 is 0 Å². The highest BCUT2D eigenvalue weighted by molar-refractivity contribution is 6.04. The highest BCUT2D eigenvalue weighted by atomic mass is 19.1. The standard InChI is InChI=1S/C26H23FN4O2/c1-17-14-23(18(2)31(17)24-8-3-4-13-28-24)26(33)29-16-19-6-5-7-22(15-19)30-25(32)20-9-11-21(27)12-10-20/h3-15H,16H2,1-2H3,(H,29,33)(H,30,32). The average Bonchev–Trinajstić information content (AvgIpc) is 3.12. The minimum absolute atomic E-state index is 0.189. The molecule has 4 rings (SSSR count). The third-order valence-electron chi connectivity index (χ3n) is 5.30. The number of aromatic nitrogens is 2. The molecule has 7 heteroatoms. The van der Waals surface area contributed by atoms with E-state index in [0.29, 0.717) is 23.4 Å². The van der Waals surface area contributed by atoms with Gasteiger partial charge in [0.2, 0.25) is 0 Å². The molecule has 0 bridgehead atoms. The molecule has 0 unspecified atom stereocenters. The maximum absolute atomic E-state index is 13.1. The Morgan fingerprint density at radius 3 is 2.45 bits per heavy atom. The number of hydrogen-bond donors (Lipinski definition) is 2. The molecule has 0 aliphatic rings. The number of carbonyl (C=O) groups excluding carboxylic acids is 2. The summed E-state index contributed by atoms with van der Waals surface area (Å²) in [6.07, 6.45) is 1.72. The van der Waals surface area contributed by atoms with Crippen molar-refractivity contribution in [3.05, 3.63) is 113 Å². The van der Waals surface area contributed by atoms with E-state index in [1.165, 1.54) is 24.3 Å². The lowest BCUT2D eigenvalue weighted by Gasteiger charge is -2.10. The van der Waals surface area contributed by atoms with E-state index in [9.17, 15) is 14.0 Å². The molecular weight excluding hydrogens is 419 g/mol. The van der Waals surface area contributed by atoms with Crippen LogP contribution in [0.5, 0.6) is 0 Å². The lowest BCUT2D eigenvalue weighted by Crippen LogP contribution is -2.23. The monoisotopic (exact) mass is 442 g/mol. The van der Waals surface area contributed by atoms with Gasteiger partial charge in [0.05, 0.1) is 5.56 Å². The van der Waals surface area contributed by atoms with Crippen LogP contribution in [0, 0.1) is 19.7 Å². The summed E-state index contributed by atoms with van der Waals surface area (Å²) >= 11 is 0. The normalized spacial score (nSPS) is 10.6. The molecule has 6 nitrogen and oxygen atoms in total. The van der Waals surface area contributed by atoms with Crippen molar-refractivity contribution in [3.63, 3.8) is 0 Å². The highest BCUT2D eigenvalue weighted by Crippen LogP contribution is 2.20. The van der Waals surface area contributed by atoms with Crippen LogP contribution in [0.2, 0.25) is 0 Å². The number of hydrogen-bond acceptors (Lipinski definition) is 3. The number of aryl methyl sites for hydroxylation is 1. The predicted molar refractivity (Wildman–Crippen MR) is 125 cm³/mol. The predicted octanol–water partition coefficient (Wildman–Crippen LogP) is 4.81. The molecular formula is C26H23FN4O2. The molecule has 4 aromatic rings. The SMILES string of the molecule is Cc1cc(C(=O)NCc2cccc(NC(=O)c3ccc(F)cc3)c2)c(C)n1-c1ccccn1. The minimum atomic E-state index is -0.398. The smallest absolute Gasteiger partial charge is 0.255 e. The number of amides is 2. The van der Waals surface area contributed by atoms with Gasteiger partial charge in [-0.3, -0.25) is 9.59 Å². The first kappa shape index (κ1) is 22.0. The van der Waals surface area contributed by atoms with Crippen LogP contribution in [0.3, 0.4) is 0 Å². The van der Waals surface area contributed by atoms with Gasteiger partial charge in [0, 0.05) is 35.4 Å². The molecule has 0 radical (unpaired) electrons. The quantitative estimate of drug-likeness (QED) is 0.450. The molecule has 0 aliphatic heterocycles. The summed E-state index contributed by atoms with van der Waals surface area (Å²) in [5, 5.41) is 5.73. The Morgan fingerprint density at radius 2 is 1.73 bits per heavy atom. The van der Waals surface area contributed by atoms with Crippen molar-refractivity contribution >= 4 is 17.5 Å². The Hall–Kier alpha value is -4.26. The lowest BCUT2D eigenvalue weighted by molar-refractivity contribution is 0.0949. The molecule has 2 heterocycles. The fraction of sp³-hybridized carbons (Fsp3) is 0.115. The first-order valence-corrected chi connectivity index (χ1v) is 10.5. The topological polar surface area (TPSA) is 76.0 Å². The number of nitrogens with zero attached hydrogens (tertiary/aromatic N) is 2. The molecule has 0 fully saturated rings. The average molecular weight is 442 g/mol. The van der Waals surface area contributed by atoms with Crippen LogP contribution in [-0.4, -0.2) is 21.4 Å². The molecule has 0 aliphatic carbocycles. The molecule has 33 heavy (non-hydrogen) atoms. The minimum Gasteiger partial charge on any atom is -0.348 e. The highest BCUT2D eigenvalue weighted by Gasteiger charge is 2.17. The van der Waals surface area contributed by atoms with Gasteiger partial charge < -0.3 is 15.2 Å². The number of benzene rings is 2. The van der Waals surface area contributed by atoms with Crippen LogP contribution < -0.4 is 10.6 Å². The van der Waals surface area contributed by atoms with Gasteiger partial charge in [-0.1, -0.05) is 18.2 Å². The van der Waals surface area contributed by atoms with Gasteiger partial charge >= 0.3 is 0 Å². The fourth-order valence-corrected chi connectivity index (χ4v) is 3.67. The Bertz CT molecular complexity index is 1300. The van der Waals surface area contributed by atoms with Gasteiger partial charge in [-0.05, 0) is 74.0 Å². The Morgan fingerprint density at radius 1 is 0.939 bits per heavy atom. The third kappa shape index (κ3) is 4.98. The van der Waals surface area contributed by atoms with Crippen LogP contribution in [-0.2, 0) is 6.54 Å². The first-order valence-electron chi connectivity index (χ1n) is 10.5. The van der Waals surface area contributed by atoms with Crippen molar-refractivity contribution in [1.29, 1.82) is 0 Å². The Labute approximate surface area is 191 Å². The van der Waals surface area contributed by atoms with E-state index in [0.717, 1.165) is 22.8 Å². The van der Waals surface area contributed by atoms with Crippen LogP contribution in [0.15, 0.2) is 79.0 Å². The number of pyridine rings is 1. The van der Waals surface area contributed by atoms with E-state index in [2.05, 4.69) is 15.6 Å². The van der Waals surface area contributed by atoms with Gasteiger partial charge in [0.25, 0.3) is 11.8 Å². The molecule has 2 aromatic heterocycles. The van der Waals surface area contributed by atoms with Crippen molar-refractivity contribution in [2.24, 2.45) is 0 Å². The van der Waals surface area contributed by atoms with Crippen molar-refractivity contribution in [3.8, 4) is 5.82 Å². The van der Waals surface area contributed by atoms with Crippen LogP contribution in [0.4, 0.5) is 10.1 Å². The van der Waals surface area contributed by atoms with E-state index < -0.39 is 5.82 Å². The van der Waals surface area contributed by atoms with Gasteiger partial charge in [-0.15, -0.1) is 0 Å². The zero-order valence-corrected chi connectivity index (χ0v) is 18.3. The number of nitrogens with one attached hydrogen (secondary N) is 2. The number of rotatable bonds is 6. The maximum Gasteiger partial charge on any atom is 0.255 e. The second-order valence-corrected chi connectivity index (χ2v) is 7.65. The Kier molecular flexibility index (Phi) is 6.31. The van der Waals surface area contributed by atoms with Crippen molar-refractivity contribution < 1.29 is 14.0 Å². The van der Waals surface area contributed by atoms with Crippen LogP contribution >= 0.6 is 0 Å². The van der Waals surface area contributed by atoms with E-state index in [-0.39, 0.29) is 11.8 Å². The largest absolute Gasteiger partial charge is 0.348 e. The molecule has 0 spiro atoms. The van der Waals surface area contributed by atoms with Gasteiger partial charge in [0.15, 0.2) is 0 Å². The van der Waals surface area contributed by atoms with Gasteiger partial charge in [0.1, 0.15) is 11.6 Å². The summed E-state index contributed by atoms with van der Waals surface area (Å²) in [4.78, 5) is 29.6. The third-order valence-corrected chi connectivity index (χ3v) is 5.30. The molecule has 0 saturated heterocycles. The van der Waals surface area contributed by atoms with E-state index in [1.807, 2.05) is 48.7 Å². The van der Waals surface area contributed by atoms with E-state index in [1.54, 1.807) is 24.4 Å². The molecule has 166 valence electrons. The molecule has 2 amide bonds. The number of anilines is 1. The molecule has 2 aromatic carbocycles. The van der Waals surface area contributed by atoms with Crippen molar-refractivity contribution in [1.82, 2.24) is 14.9 Å². The lowest BCUT2D eigenvalue weighted by atomic mass is 10.1. The van der Waals surface area contributed by atoms with Gasteiger partial charge in [-0.25, -0.2) is 9.37 Å². The van der Waals surface area contributed by atoms with Gasteiger partial charge in [-0.2, -0.15) is 0 Å². The molecule has 0 saturated carbocycles. The summed E-state index contributed by atoms with van der Waals surface area (Å²) in [5.74, 6) is -0.162. The molecule has 2 N–H and O–H groups in total. The Balaban J connectivity index is 1.43. The van der Waals surface area contributed by atoms with Crippen molar-refractivity contribution in [2.45, 2.75) is 20.4 Å². The maximum atomic E-state index is 13.1. The zero-order valence-electron chi connectivity index (χ0n) is 18.3. The van der Waals surface area contributed by atoms with Crippen LogP contribution in [0.1, 0.15) is 37.7 Å². The fourth-order valence-electron chi connectivity index (χ4n) is 3.67. The van der Waals surface area contributed by atoms with Crippen LogP contribution in [0.25, 0.3) is 5.82 Å². The number of halogens is 1. The zero-order chi connectivity index (χ0) is 23.4. The summed E-state index contributed by atoms with van der Waals surface area (Å²) in [5.41, 5.74) is 4.09.